The minimum Gasteiger partial charge on any atom is -0.315 e. The first kappa shape index (κ1) is 14.2. The predicted octanol–water partition coefficient (Wildman–Crippen LogP) is 1.41. The van der Waals surface area contributed by atoms with Crippen molar-refractivity contribution in [1.29, 1.82) is 0 Å². The molecule has 0 aliphatic carbocycles. The first-order chi connectivity index (χ1) is 8.00. The van der Waals surface area contributed by atoms with Crippen molar-refractivity contribution in [2.24, 2.45) is 13.0 Å². The largest absolute Gasteiger partial charge is 0.315 e. The summed E-state index contributed by atoms with van der Waals surface area (Å²) in [6, 6.07) is 0. The summed E-state index contributed by atoms with van der Waals surface area (Å²) in [4.78, 5) is 2.33. The maximum absolute atomic E-state index is 4.26. The Labute approximate surface area is 105 Å². The summed E-state index contributed by atoms with van der Waals surface area (Å²) >= 11 is 0. The van der Waals surface area contributed by atoms with E-state index in [0.717, 1.165) is 32.1 Å². The Morgan fingerprint density at radius 3 is 2.71 bits per heavy atom. The number of aryl methyl sites for hydroxylation is 1. The third-order valence-electron chi connectivity index (χ3n) is 3.00. The lowest BCUT2D eigenvalue weighted by molar-refractivity contribution is 0.321. The zero-order chi connectivity index (χ0) is 12.8. The van der Waals surface area contributed by atoms with E-state index in [4.69, 9.17) is 0 Å². The van der Waals surface area contributed by atoms with Gasteiger partial charge in [0.15, 0.2) is 0 Å². The van der Waals surface area contributed by atoms with Gasteiger partial charge in [-0.05, 0) is 26.4 Å². The van der Waals surface area contributed by atoms with Crippen molar-refractivity contribution in [2.45, 2.75) is 27.3 Å². The Balaban J connectivity index is 2.25. The molecule has 0 saturated heterocycles. The summed E-state index contributed by atoms with van der Waals surface area (Å²) in [5.74, 6) is 0.723. The van der Waals surface area contributed by atoms with Gasteiger partial charge < -0.3 is 10.2 Å². The van der Waals surface area contributed by atoms with E-state index in [9.17, 15) is 0 Å². The topological polar surface area (TPSA) is 33.1 Å². The third kappa shape index (κ3) is 4.88. The summed E-state index contributed by atoms with van der Waals surface area (Å²) in [6.07, 6.45) is 1.97. The summed E-state index contributed by atoms with van der Waals surface area (Å²) in [6.45, 7) is 10.8. The number of likely N-dealkylation sites (N-methyl/N-ethyl adjacent to an activating group) is 1. The van der Waals surface area contributed by atoms with E-state index in [-0.39, 0.29) is 0 Å². The molecule has 98 valence electrons. The Morgan fingerprint density at radius 1 is 1.47 bits per heavy atom. The fourth-order valence-electron chi connectivity index (χ4n) is 1.73. The van der Waals surface area contributed by atoms with Crippen molar-refractivity contribution >= 4 is 0 Å². The number of rotatable bonds is 7. The van der Waals surface area contributed by atoms with Gasteiger partial charge in [-0.1, -0.05) is 13.8 Å². The van der Waals surface area contributed by atoms with E-state index in [1.165, 1.54) is 11.3 Å². The minimum absolute atomic E-state index is 0.723. The van der Waals surface area contributed by atoms with Crippen LogP contribution in [0.4, 0.5) is 0 Å². The maximum atomic E-state index is 4.26. The highest BCUT2D eigenvalue weighted by Crippen LogP contribution is 2.07. The van der Waals surface area contributed by atoms with Gasteiger partial charge >= 0.3 is 0 Å². The Kier molecular flexibility index (Phi) is 5.65. The average Bonchev–Trinajstić information content (AvgIpc) is 2.56. The van der Waals surface area contributed by atoms with E-state index >= 15 is 0 Å². The molecule has 1 aromatic rings. The molecule has 0 atom stereocenters. The van der Waals surface area contributed by atoms with Crippen LogP contribution in [0.2, 0.25) is 0 Å². The highest BCUT2D eigenvalue weighted by Gasteiger charge is 2.06. The molecular weight excluding hydrogens is 212 g/mol. The van der Waals surface area contributed by atoms with E-state index in [1.54, 1.807) is 0 Å². The summed E-state index contributed by atoms with van der Waals surface area (Å²) in [5.41, 5.74) is 2.57. The summed E-state index contributed by atoms with van der Waals surface area (Å²) in [5, 5.41) is 7.72. The second-order valence-corrected chi connectivity index (χ2v) is 5.21. The lowest BCUT2D eigenvalue weighted by atomic mass is 10.2. The Morgan fingerprint density at radius 2 is 2.18 bits per heavy atom. The van der Waals surface area contributed by atoms with Crippen LogP contribution in [0.5, 0.6) is 0 Å². The van der Waals surface area contributed by atoms with Gasteiger partial charge in [-0.15, -0.1) is 0 Å². The highest BCUT2D eigenvalue weighted by molar-refractivity contribution is 5.15. The molecule has 4 heteroatoms. The molecule has 0 fully saturated rings. The molecule has 0 bridgehead atoms. The van der Waals surface area contributed by atoms with E-state index < -0.39 is 0 Å². The number of nitrogens with zero attached hydrogens (tertiary/aromatic N) is 3. The van der Waals surface area contributed by atoms with Crippen LogP contribution in [0, 0.1) is 12.8 Å². The first-order valence-corrected chi connectivity index (χ1v) is 6.37. The van der Waals surface area contributed by atoms with Crippen LogP contribution >= 0.6 is 0 Å². The van der Waals surface area contributed by atoms with Gasteiger partial charge in [0.05, 0.1) is 6.20 Å². The Bertz CT molecular complexity index is 330. The third-order valence-corrected chi connectivity index (χ3v) is 3.00. The van der Waals surface area contributed by atoms with Gasteiger partial charge in [-0.3, -0.25) is 4.68 Å². The summed E-state index contributed by atoms with van der Waals surface area (Å²) < 4.78 is 1.93. The van der Waals surface area contributed by atoms with Crippen molar-refractivity contribution in [3.63, 3.8) is 0 Å². The fraction of sp³-hybridized carbons (Fsp3) is 0.769. The van der Waals surface area contributed by atoms with Gasteiger partial charge in [-0.25, -0.2) is 0 Å². The molecule has 0 aliphatic rings. The second kappa shape index (κ2) is 6.77. The van der Waals surface area contributed by atoms with Gasteiger partial charge in [0.1, 0.15) is 0 Å². The predicted molar refractivity (Wildman–Crippen MR) is 72.0 cm³/mol. The smallest absolute Gasteiger partial charge is 0.0537 e. The van der Waals surface area contributed by atoms with Crippen molar-refractivity contribution in [2.75, 3.05) is 26.7 Å². The molecule has 0 saturated carbocycles. The van der Waals surface area contributed by atoms with E-state index in [0.29, 0.717) is 0 Å². The number of nitrogens with one attached hydrogen (secondary N) is 1. The molecule has 0 amide bonds. The van der Waals surface area contributed by atoms with Crippen LogP contribution in [0.15, 0.2) is 6.20 Å². The molecular formula is C13H26N4. The number of hydrogen-bond acceptors (Lipinski definition) is 3. The highest BCUT2D eigenvalue weighted by atomic mass is 15.3. The second-order valence-electron chi connectivity index (χ2n) is 5.21. The van der Waals surface area contributed by atoms with Crippen LogP contribution in [0.3, 0.4) is 0 Å². The molecule has 1 rings (SSSR count). The maximum Gasteiger partial charge on any atom is 0.0537 e. The normalized spacial score (nSPS) is 11.7. The van der Waals surface area contributed by atoms with E-state index in [2.05, 4.69) is 43.1 Å². The van der Waals surface area contributed by atoms with Crippen molar-refractivity contribution in [3.8, 4) is 0 Å². The zero-order valence-electron chi connectivity index (χ0n) is 11.8. The van der Waals surface area contributed by atoms with Crippen LogP contribution in [0.25, 0.3) is 0 Å². The first-order valence-electron chi connectivity index (χ1n) is 6.37. The number of aromatic nitrogens is 2. The molecule has 1 N–H and O–H groups in total. The molecule has 0 aliphatic heterocycles. The molecule has 17 heavy (non-hydrogen) atoms. The van der Waals surface area contributed by atoms with Crippen LogP contribution in [-0.2, 0) is 13.6 Å². The van der Waals surface area contributed by atoms with Gasteiger partial charge in [-0.2, -0.15) is 5.10 Å². The van der Waals surface area contributed by atoms with Gasteiger partial charge in [0, 0.05) is 37.9 Å². The molecule has 1 heterocycles. The Hall–Kier alpha value is -0.870. The van der Waals surface area contributed by atoms with Crippen molar-refractivity contribution in [3.05, 3.63) is 17.5 Å². The van der Waals surface area contributed by atoms with Crippen LogP contribution in [-0.4, -0.2) is 41.4 Å². The van der Waals surface area contributed by atoms with Crippen molar-refractivity contribution in [1.82, 2.24) is 20.0 Å². The zero-order valence-corrected chi connectivity index (χ0v) is 11.8. The summed E-state index contributed by atoms with van der Waals surface area (Å²) in [7, 11) is 4.15. The van der Waals surface area contributed by atoms with Gasteiger partial charge in [0.2, 0.25) is 0 Å². The molecule has 1 aromatic heterocycles. The molecule has 0 unspecified atom stereocenters. The van der Waals surface area contributed by atoms with E-state index in [1.807, 2.05) is 17.9 Å². The molecule has 4 nitrogen and oxygen atoms in total. The molecule has 0 spiro atoms. The SMILES string of the molecule is Cc1c(CN(C)CCNCC(C)C)cnn1C. The lowest BCUT2D eigenvalue weighted by Gasteiger charge is -2.17. The number of hydrogen-bond donors (Lipinski definition) is 1. The quantitative estimate of drug-likeness (QED) is 0.729. The lowest BCUT2D eigenvalue weighted by Crippen LogP contribution is -2.30. The minimum atomic E-state index is 0.723. The van der Waals surface area contributed by atoms with Crippen LogP contribution in [0.1, 0.15) is 25.1 Å². The van der Waals surface area contributed by atoms with Crippen LogP contribution < -0.4 is 5.32 Å². The monoisotopic (exact) mass is 238 g/mol. The fourth-order valence-corrected chi connectivity index (χ4v) is 1.73. The van der Waals surface area contributed by atoms with Crippen molar-refractivity contribution < 1.29 is 0 Å². The standard InChI is InChI=1S/C13H26N4/c1-11(2)8-14-6-7-16(4)10-13-9-15-17(5)12(13)3/h9,11,14H,6-8,10H2,1-5H3. The molecule has 0 aromatic carbocycles. The average molecular weight is 238 g/mol. The molecule has 0 radical (unpaired) electrons. The van der Waals surface area contributed by atoms with Gasteiger partial charge in [0.25, 0.3) is 0 Å².